The number of anilines is 1. The van der Waals surface area contributed by atoms with E-state index in [2.05, 4.69) is 5.32 Å². The molecule has 0 heterocycles. The van der Waals surface area contributed by atoms with Gasteiger partial charge in [0.05, 0.1) is 4.92 Å². The summed E-state index contributed by atoms with van der Waals surface area (Å²) in [6.07, 6.45) is 0.518. The van der Waals surface area contributed by atoms with Crippen molar-refractivity contribution in [1.29, 1.82) is 0 Å². The van der Waals surface area contributed by atoms with E-state index in [1.54, 1.807) is 20.8 Å². The van der Waals surface area contributed by atoms with Crippen LogP contribution in [0.1, 0.15) is 31.1 Å². The Labute approximate surface area is 116 Å². The minimum absolute atomic E-state index is 0.159. The highest BCUT2D eigenvalue weighted by atomic mass is 16.6. The van der Waals surface area contributed by atoms with Crippen LogP contribution in [0.3, 0.4) is 0 Å². The first-order chi connectivity index (χ1) is 9.23. The van der Waals surface area contributed by atoms with E-state index in [1.165, 1.54) is 12.1 Å². The summed E-state index contributed by atoms with van der Waals surface area (Å²) in [5.41, 5.74) is -0.532. The van der Waals surface area contributed by atoms with Crippen molar-refractivity contribution in [3.63, 3.8) is 0 Å². The molecule has 0 atom stereocenters. The number of benzene rings is 1. The first-order valence-corrected chi connectivity index (χ1v) is 5.92. The average molecular weight is 280 g/mol. The minimum Gasteiger partial charge on any atom is -0.459 e. The van der Waals surface area contributed by atoms with Crippen molar-refractivity contribution in [2.45, 2.75) is 26.4 Å². The van der Waals surface area contributed by atoms with Crippen LogP contribution in [0.5, 0.6) is 0 Å². The molecule has 1 aromatic rings. The number of nitrogens with zero attached hydrogens (tertiary/aromatic N) is 1. The largest absolute Gasteiger partial charge is 0.459 e. The molecule has 0 aliphatic carbocycles. The minimum atomic E-state index is -0.621. The average Bonchev–Trinajstić information content (AvgIpc) is 2.34. The maximum absolute atomic E-state index is 11.5. The Morgan fingerprint density at radius 3 is 2.60 bits per heavy atom. The molecule has 0 unspecified atom stereocenters. The molecule has 0 aliphatic rings. The Kier molecular flexibility index (Phi) is 4.79. The quantitative estimate of drug-likeness (QED) is 0.384. The van der Waals surface area contributed by atoms with Gasteiger partial charge in [0.25, 0.3) is 5.69 Å². The molecule has 1 rings (SSSR count). The number of hydrogen-bond donors (Lipinski definition) is 1. The highest BCUT2D eigenvalue weighted by Crippen LogP contribution is 2.24. The summed E-state index contributed by atoms with van der Waals surface area (Å²) in [6, 6.07) is 3.95. The van der Waals surface area contributed by atoms with Crippen molar-refractivity contribution < 1.29 is 19.2 Å². The van der Waals surface area contributed by atoms with Crippen molar-refractivity contribution in [3.05, 3.63) is 33.9 Å². The zero-order valence-electron chi connectivity index (χ0n) is 11.5. The number of aldehydes is 1. The highest BCUT2D eigenvalue weighted by Gasteiger charge is 2.18. The van der Waals surface area contributed by atoms with Crippen LogP contribution in [0.4, 0.5) is 11.4 Å². The first kappa shape index (κ1) is 15.6. The lowest BCUT2D eigenvalue weighted by atomic mass is 10.2. The highest BCUT2D eigenvalue weighted by molar-refractivity contribution is 5.81. The molecule has 0 saturated heterocycles. The van der Waals surface area contributed by atoms with Gasteiger partial charge in [0, 0.05) is 11.6 Å². The molecule has 0 spiro atoms. The van der Waals surface area contributed by atoms with Gasteiger partial charge in [-0.25, -0.2) is 0 Å². The monoisotopic (exact) mass is 280 g/mol. The Hall–Kier alpha value is -2.44. The number of nitrogens with one attached hydrogen (secondary N) is 1. The van der Waals surface area contributed by atoms with Crippen molar-refractivity contribution in [3.8, 4) is 0 Å². The van der Waals surface area contributed by atoms with Crippen LogP contribution in [0, 0.1) is 10.1 Å². The van der Waals surface area contributed by atoms with Gasteiger partial charge in [-0.1, -0.05) is 0 Å². The standard InChI is InChI=1S/C13H16N2O5/c1-13(2,3)20-12(17)7-14-10-5-4-9(8-16)6-11(10)15(18)19/h4-6,8,14H,7H2,1-3H3. The van der Waals surface area contributed by atoms with Gasteiger partial charge >= 0.3 is 5.97 Å². The molecule has 0 fully saturated rings. The summed E-state index contributed by atoms with van der Waals surface area (Å²) in [7, 11) is 0. The Morgan fingerprint density at radius 2 is 2.10 bits per heavy atom. The van der Waals surface area contributed by atoms with Crippen LogP contribution in [0.2, 0.25) is 0 Å². The van der Waals surface area contributed by atoms with Gasteiger partial charge in [0.1, 0.15) is 24.1 Å². The maximum Gasteiger partial charge on any atom is 0.325 e. The third-order valence-electron chi connectivity index (χ3n) is 2.20. The summed E-state index contributed by atoms with van der Waals surface area (Å²) in [6.45, 7) is 4.99. The van der Waals surface area contributed by atoms with E-state index in [4.69, 9.17) is 4.74 Å². The van der Waals surface area contributed by atoms with Gasteiger partial charge in [-0.3, -0.25) is 19.7 Å². The fourth-order valence-corrected chi connectivity index (χ4v) is 1.47. The van der Waals surface area contributed by atoms with Crippen molar-refractivity contribution >= 4 is 23.6 Å². The van der Waals surface area contributed by atoms with E-state index in [0.717, 1.165) is 6.07 Å². The van der Waals surface area contributed by atoms with Crippen molar-refractivity contribution in [1.82, 2.24) is 0 Å². The molecule has 1 N–H and O–H groups in total. The molecule has 108 valence electrons. The zero-order chi connectivity index (χ0) is 15.3. The number of carbonyl (C=O) groups is 2. The van der Waals surface area contributed by atoms with Crippen LogP contribution in [-0.4, -0.2) is 29.3 Å². The lowest BCUT2D eigenvalue weighted by molar-refractivity contribution is -0.384. The Bertz CT molecular complexity index is 534. The van der Waals surface area contributed by atoms with Gasteiger partial charge in [-0.15, -0.1) is 0 Å². The Morgan fingerprint density at radius 1 is 1.45 bits per heavy atom. The van der Waals surface area contributed by atoms with Gasteiger partial charge in [0.15, 0.2) is 0 Å². The van der Waals surface area contributed by atoms with Crippen LogP contribution in [0.25, 0.3) is 0 Å². The number of rotatable bonds is 5. The molecule has 0 bridgehead atoms. The number of esters is 1. The molecular weight excluding hydrogens is 264 g/mol. The fourth-order valence-electron chi connectivity index (χ4n) is 1.47. The van der Waals surface area contributed by atoms with Gasteiger partial charge < -0.3 is 10.1 Å². The van der Waals surface area contributed by atoms with Gasteiger partial charge in [-0.2, -0.15) is 0 Å². The SMILES string of the molecule is CC(C)(C)OC(=O)CNc1ccc(C=O)cc1[N+](=O)[O-]. The number of nitro benzene ring substituents is 1. The number of hydrogen-bond acceptors (Lipinski definition) is 6. The van der Waals surface area contributed by atoms with E-state index in [-0.39, 0.29) is 23.5 Å². The molecule has 0 aromatic heterocycles. The van der Waals surface area contributed by atoms with Crippen LogP contribution in [0.15, 0.2) is 18.2 Å². The maximum atomic E-state index is 11.5. The lowest BCUT2D eigenvalue weighted by Gasteiger charge is -2.19. The van der Waals surface area contributed by atoms with Crippen molar-refractivity contribution in [2.24, 2.45) is 0 Å². The summed E-state index contributed by atoms with van der Waals surface area (Å²) in [5, 5.41) is 13.5. The molecule has 1 aromatic carbocycles. The molecule has 0 amide bonds. The third kappa shape index (κ3) is 4.68. The molecule has 0 aliphatic heterocycles. The first-order valence-electron chi connectivity index (χ1n) is 5.92. The smallest absolute Gasteiger partial charge is 0.325 e. The van der Waals surface area contributed by atoms with Crippen molar-refractivity contribution in [2.75, 3.05) is 11.9 Å². The summed E-state index contributed by atoms with van der Waals surface area (Å²) < 4.78 is 5.08. The van der Waals surface area contributed by atoms with E-state index < -0.39 is 16.5 Å². The topological polar surface area (TPSA) is 98.5 Å². The Balaban J connectivity index is 2.80. The van der Waals surface area contributed by atoms with E-state index >= 15 is 0 Å². The van der Waals surface area contributed by atoms with Crippen LogP contribution in [-0.2, 0) is 9.53 Å². The summed E-state index contributed by atoms with van der Waals surface area (Å²) >= 11 is 0. The van der Waals surface area contributed by atoms with Gasteiger partial charge in [0.2, 0.25) is 0 Å². The molecular formula is C13H16N2O5. The predicted octanol–water partition coefficient (Wildman–Crippen LogP) is 2.16. The third-order valence-corrected chi connectivity index (χ3v) is 2.20. The van der Waals surface area contributed by atoms with Crippen LogP contribution >= 0.6 is 0 Å². The molecule has 0 saturated carbocycles. The molecule has 7 heteroatoms. The van der Waals surface area contributed by atoms with E-state index in [0.29, 0.717) is 6.29 Å². The summed E-state index contributed by atoms with van der Waals surface area (Å²) in [5.74, 6) is -0.522. The normalized spacial score (nSPS) is 10.8. The second kappa shape index (κ2) is 6.14. The second-order valence-corrected chi connectivity index (χ2v) is 5.09. The number of nitro groups is 1. The second-order valence-electron chi connectivity index (χ2n) is 5.09. The van der Waals surface area contributed by atoms with E-state index in [9.17, 15) is 19.7 Å². The molecule has 20 heavy (non-hydrogen) atoms. The molecule has 0 radical (unpaired) electrons. The number of ether oxygens (including phenoxy) is 1. The number of carbonyl (C=O) groups excluding carboxylic acids is 2. The fraction of sp³-hybridized carbons (Fsp3) is 0.385. The predicted molar refractivity (Wildman–Crippen MR) is 72.8 cm³/mol. The summed E-state index contributed by atoms with van der Waals surface area (Å²) in [4.78, 5) is 32.4. The van der Waals surface area contributed by atoms with E-state index in [1.807, 2.05) is 0 Å². The molecule has 7 nitrogen and oxygen atoms in total. The van der Waals surface area contributed by atoms with Crippen LogP contribution < -0.4 is 5.32 Å². The zero-order valence-corrected chi connectivity index (χ0v) is 11.5. The lowest BCUT2D eigenvalue weighted by Crippen LogP contribution is -2.28. The van der Waals surface area contributed by atoms with Gasteiger partial charge in [-0.05, 0) is 32.9 Å².